The van der Waals surface area contributed by atoms with Gasteiger partial charge in [0, 0.05) is 37.5 Å². The Balaban J connectivity index is 1.68. The van der Waals surface area contributed by atoms with E-state index in [0.29, 0.717) is 32.6 Å². The number of aryl methyl sites for hydroxylation is 1. The molecular formula is C14H20N2O3S. The Morgan fingerprint density at radius 2 is 1.80 bits per heavy atom. The monoisotopic (exact) mass is 296 g/mol. The lowest BCUT2D eigenvalue weighted by molar-refractivity contribution is -0.141. The summed E-state index contributed by atoms with van der Waals surface area (Å²) in [6.45, 7) is 1.74. The molecule has 20 heavy (non-hydrogen) atoms. The Labute approximate surface area is 122 Å². The van der Waals surface area contributed by atoms with Crippen molar-refractivity contribution in [2.75, 3.05) is 32.8 Å². The molecule has 1 saturated heterocycles. The second kappa shape index (κ2) is 7.40. The molecule has 0 atom stereocenters. The Hall–Kier alpha value is -1.40. The summed E-state index contributed by atoms with van der Waals surface area (Å²) in [7, 11) is 0. The van der Waals surface area contributed by atoms with Gasteiger partial charge in [-0.3, -0.25) is 9.59 Å². The van der Waals surface area contributed by atoms with Crippen LogP contribution < -0.4 is 0 Å². The molecule has 2 amide bonds. The van der Waals surface area contributed by atoms with E-state index < -0.39 is 6.61 Å². The fraction of sp³-hybridized carbons (Fsp3) is 0.571. The summed E-state index contributed by atoms with van der Waals surface area (Å²) in [6.07, 6.45) is 2.38. The minimum Gasteiger partial charge on any atom is -0.387 e. The molecule has 0 unspecified atom stereocenters. The molecule has 5 nitrogen and oxygen atoms in total. The predicted molar refractivity (Wildman–Crippen MR) is 77.5 cm³/mol. The molecule has 2 heterocycles. The van der Waals surface area contributed by atoms with Crippen LogP contribution in [0.3, 0.4) is 0 Å². The molecule has 1 aliphatic heterocycles. The van der Waals surface area contributed by atoms with Crippen molar-refractivity contribution in [3.63, 3.8) is 0 Å². The van der Waals surface area contributed by atoms with E-state index in [-0.39, 0.29) is 11.8 Å². The number of hydrogen-bond acceptors (Lipinski definition) is 4. The number of nitrogens with zero attached hydrogens (tertiary/aromatic N) is 2. The highest BCUT2D eigenvalue weighted by atomic mass is 32.1. The van der Waals surface area contributed by atoms with Crippen LogP contribution in [0, 0.1) is 0 Å². The lowest BCUT2D eigenvalue weighted by Gasteiger charge is -2.34. The maximum atomic E-state index is 12.0. The van der Waals surface area contributed by atoms with Gasteiger partial charge in [-0.05, 0) is 24.3 Å². The molecule has 2 rings (SSSR count). The smallest absolute Gasteiger partial charge is 0.248 e. The lowest BCUT2D eigenvalue weighted by atomic mass is 10.2. The van der Waals surface area contributed by atoms with Gasteiger partial charge in [0.05, 0.1) is 0 Å². The molecule has 110 valence electrons. The topological polar surface area (TPSA) is 60.9 Å². The van der Waals surface area contributed by atoms with E-state index in [1.165, 1.54) is 4.88 Å². The Morgan fingerprint density at radius 3 is 2.35 bits per heavy atom. The number of hydrogen-bond donors (Lipinski definition) is 1. The number of piperazine rings is 1. The van der Waals surface area contributed by atoms with Gasteiger partial charge in [0.25, 0.3) is 0 Å². The van der Waals surface area contributed by atoms with Gasteiger partial charge < -0.3 is 14.9 Å². The number of amides is 2. The number of carbonyl (C=O) groups is 2. The number of rotatable bonds is 5. The molecule has 0 bridgehead atoms. The van der Waals surface area contributed by atoms with Crippen molar-refractivity contribution >= 4 is 23.2 Å². The second-order valence-electron chi connectivity index (χ2n) is 4.85. The number of thiophene rings is 1. The molecule has 1 fully saturated rings. The first-order valence-electron chi connectivity index (χ1n) is 6.89. The summed E-state index contributed by atoms with van der Waals surface area (Å²) in [6, 6.07) is 4.12. The van der Waals surface area contributed by atoms with Crippen molar-refractivity contribution < 1.29 is 14.7 Å². The van der Waals surface area contributed by atoms with E-state index in [0.717, 1.165) is 12.8 Å². The van der Waals surface area contributed by atoms with E-state index >= 15 is 0 Å². The van der Waals surface area contributed by atoms with Gasteiger partial charge in [-0.15, -0.1) is 11.3 Å². The molecule has 1 aromatic heterocycles. The van der Waals surface area contributed by atoms with Crippen LogP contribution in [0.5, 0.6) is 0 Å². The summed E-state index contributed by atoms with van der Waals surface area (Å²) < 4.78 is 0. The largest absolute Gasteiger partial charge is 0.387 e. The van der Waals surface area contributed by atoms with Gasteiger partial charge in [0.1, 0.15) is 6.61 Å². The zero-order chi connectivity index (χ0) is 14.4. The van der Waals surface area contributed by atoms with Crippen LogP contribution in [0.1, 0.15) is 17.7 Å². The van der Waals surface area contributed by atoms with Crippen LogP contribution in [0.15, 0.2) is 17.5 Å². The normalized spacial score (nSPS) is 15.4. The second-order valence-corrected chi connectivity index (χ2v) is 5.88. The molecule has 0 aromatic carbocycles. The van der Waals surface area contributed by atoms with Gasteiger partial charge >= 0.3 is 0 Å². The molecular weight excluding hydrogens is 276 g/mol. The van der Waals surface area contributed by atoms with Crippen molar-refractivity contribution in [1.82, 2.24) is 9.80 Å². The number of aliphatic hydroxyl groups excluding tert-OH is 1. The van der Waals surface area contributed by atoms with E-state index in [4.69, 9.17) is 5.11 Å². The Morgan fingerprint density at radius 1 is 1.15 bits per heavy atom. The van der Waals surface area contributed by atoms with Gasteiger partial charge in [0.15, 0.2) is 0 Å². The zero-order valence-electron chi connectivity index (χ0n) is 11.5. The highest BCUT2D eigenvalue weighted by Crippen LogP contribution is 2.13. The Bertz CT molecular complexity index is 439. The first kappa shape index (κ1) is 15.0. The molecule has 0 spiro atoms. The van der Waals surface area contributed by atoms with Crippen LogP contribution in [0.4, 0.5) is 0 Å². The van der Waals surface area contributed by atoms with Crippen molar-refractivity contribution in [2.24, 2.45) is 0 Å². The summed E-state index contributed by atoms with van der Waals surface area (Å²) in [5.41, 5.74) is 0. The van der Waals surface area contributed by atoms with Crippen LogP contribution in [0.2, 0.25) is 0 Å². The molecule has 0 saturated carbocycles. The van der Waals surface area contributed by atoms with Gasteiger partial charge in [-0.25, -0.2) is 0 Å². The molecule has 1 aromatic rings. The predicted octanol–water partition coefficient (Wildman–Crippen LogP) is 0.734. The first-order chi connectivity index (χ1) is 9.70. The van der Waals surface area contributed by atoms with E-state index in [9.17, 15) is 9.59 Å². The van der Waals surface area contributed by atoms with E-state index in [2.05, 4.69) is 11.4 Å². The molecule has 0 aliphatic carbocycles. The number of aliphatic hydroxyl groups is 1. The van der Waals surface area contributed by atoms with Crippen molar-refractivity contribution in [3.8, 4) is 0 Å². The molecule has 1 aliphatic rings. The average molecular weight is 296 g/mol. The summed E-state index contributed by atoms with van der Waals surface area (Å²) >= 11 is 1.72. The Kier molecular flexibility index (Phi) is 5.55. The SMILES string of the molecule is O=C(CO)N1CCN(C(=O)CCCc2cccs2)CC1. The zero-order valence-corrected chi connectivity index (χ0v) is 12.3. The summed E-state index contributed by atoms with van der Waals surface area (Å²) in [4.78, 5) is 28.1. The van der Waals surface area contributed by atoms with Crippen LogP contribution in [-0.2, 0) is 16.0 Å². The first-order valence-corrected chi connectivity index (χ1v) is 7.77. The highest BCUT2D eigenvalue weighted by molar-refractivity contribution is 7.09. The minimum absolute atomic E-state index is 0.164. The van der Waals surface area contributed by atoms with Gasteiger partial charge in [-0.2, -0.15) is 0 Å². The molecule has 0 radical (unpaired) electrons. The average Bonchev–Trinajstić information content (AvgIpc) is 2.99. The van der Waals surface area contributed by atoms with Gasteiger partial charge in [-0.1, -0.05) is 6.07 Å². The quantitative estimate of drug-likeness (QED) is 0.871. The standard InChI is InChI=1S/C14H20N2O3S/c17-11-14(19)16-8-6-15(7-9-16)13(18)5-1-3-12-4-2-10-20-12/h2,4,10,17H,1,3,5-9,11H2. The molecule has 6 heteroatoms. The maximum absolute atomic E-state index is 12.0. The third-order valence-electron chi connectivity index (χ3n) is 3.51. The lowest BCUT2D eigenvalue weighted by Crippen LogP contribution is -2.51. The highest BCUT2D eigenvalue weighted by Gasteiger charge is 2.23. The van der Waals surface area contributed by atoms with Crippen molar-refractivity contribution in [3.05, 3.63) is 22.4 Å². The van der Waals surface area contributed by atoms with Crippen molar-refractivity contribution in [2.45, 2.75) is 19.3 Å². The third kappa shape index (κ3) is 4.05. The van der Waals surface area contributed by atoms with E-state index in [1.54, 1.807) is 16.2 Å². The third-order valence-corrected chi connectivity index (χ3v) is 4.45. The number of carbonyl (C=O) groups excluding carboxylic acids is 2. The van der Waals surface area contributed by atoms with Crippen LogP contribution in [-0.4, -0.2) is 59.5 Å². The van der Waals surface area contributed by atoms with Crippen LogP contribution in [0.25, 0.3) is 0 Å². The minimum atomic E-state index is -0.450. The van der Waals surface area contributed by atoms with E-state index in [1.807, 2.05) is 11.0 Å². The maximum Gasteiger partial charge on any atom is 0.248 e. The van der Waals surface area contributed by atoms with Gasteiger partial charge in [0.2, 0.25) is 11.8 Å². The summed E-state index contributed by atoms with van der Waals surface area (Å²) in [5.74, 6) is -0.0903. The van der Waals surface area contributed by atoms with Crippen LogP contribution >= 0.6 is 11.3 Å². The van der Waals surface area contributed by atoms with Crippen molar-refractivity contribution in [1.29, 1.82) is 0 Å². The molecule has 1 N–H and O–H groups in total. The fourth-order valence-corrected chi connectivity index (χ4v) is 3.08. The summed E-state index contributed by atoms with van der Waals surface area (Å²) in [5, 5.41) is 10.8. The fourth-order valence-electron chi connectivity index (χ4n) is 2.33.